The van der Waals surface area contributed by atoms with Crippen LogP contribution in [0.2, 0.25) is 0 Å². The molecule has 1 saturated heterocycles. The number of benzene rings is 2. The third kappa shape index (κ3) is 8.55. The van der Waals surface area contributed by atoms with Gasteiger partial charge in [0.2, 0.25) is 0 Å². The highest BCUT2D eigenvalue weighted by molar-refractivity contribution is 5.98. The molecule has 3 heterocycles. The van der Waals surface area contributed by atoms with Gasteiger partial charge in [-0.15, -0.1) is 12.4 Å². The number of aromatic nitrogens is 2. The number of hydrogen-bond donors (Lipinski definition) is 2. The molecular weight excluding hydrogens is 628 g/mol. The fraction of sp³-hybridized carbons (Fsp3) is 0.474. The van der Waals surface area contributed by atoms with Crippen LogP contribution >= 0.6 is 12.4 Å². The average Bonchev–Trinajstić information content (AvgIpc) is 3.02. The van der Waals surface area contributed by atoms with E-state index in [0.717, 1.165) is 58.9 Å². The molecule has 0 saturated carbocycles. The molecule has 0 unspecified atom stereocenters. The van der Waals surface area contributed by atoms with Gasteiger partial charge in [-0.2, -0.15) is 0 Å². The molecule has 1 aliphatic rings. The van der Waals surface area contributed by atoms with Crippen LogP contribution in [0.15, 0.2) is 58.1 Å². The maximum atomic E-state index is 13.1. The molecule has 0 radical (unpaired) electrons. The average molecular weight is 679 g/mol. The molecular formula is C38H51ClN4O5. The number of pyridine rings is 2. The lowest BCUT2D eigenvalue weighted by Gasteiger charge is -2.31. The third-order valence-corrected chi connectivity index (χ3v) is 9.19. The highest BCUT2D eigenvalue weighted by Gasteiger charge is 2.22. The maximum absolute atomic E-state index is 13.1. The minimum Gasteiger partial charge on any atom is -0.477 e. The zero-order valence-electron chi connectivity index (χ0n) is 29.3. The van der Waals surface area contributed by atoms with Crippen LogP contribution in [0.1, 0.15) is 104 Å². The SMILES string of the molecule is CCCCN1CCC(CNC(=O)c2cc3c(C)cccc3n(C(C)C)c2=O)CC1.Cc1cccc2c1cc(C(=O)O)c(=O)n2C(C)C.Cl. The molecule has 9 nitrogen and oxygen atoms in total. The van der Waals surface area contributed by atoms with Gasteiger partial charge >= 0.3 is 5.97 Å². The van der Waals surface area contributed by atoms with Crippen LogP contribution in [0.25, 0.3) is 21.8 Å². The highest BCUT2D eigenvalue weighted by atomic mass is 35.5. The largest absolute Gasteiger partial charge is 0.477 e. The molecule has 0 bridgehead atoms. The van der Waals surface area contributed by atoms with E-state index in [9.17, 15) is 19.2 Å². The number of aromatic carboxylic acids is 1. The molecule has 2 N–H and O–H groups in total. The zero-order valence-corrected chi connectivity index (χ0v) is 30.2. The number of piperidine rings is 1. The van der Waals surface area contributed by atoms with E-state index < -0.39 is 11.5 Å². The molecule has 1 aliphatic heterocycles. The predicted molar refractivity (Wildman–Crippen MR) is 197 cm³/mol. The van der Waals surface area contributed by atoms with E-state index in [2.05, 4.69) is 17.1 Å². The predicted octanol–water partition coefficient (Wildman–Crippen LogP) is 7.14. The van der Waals surface area contributed by atoms with Crippen molar-refractivity contribution in [1.82, 2.24) is 19.4 Å². The second-order valence-corrected chi connectivity index (χ2v) is 13.3. The summed E-state index contributed by atoms with van der Waals surface area (Å²) < 4.78 is 3.27. The van der Waals surface area contributed by atoms with Gasteiger partial charge in [0.05, 0.1) is 11.0 Å². The number of nitrogens with zero attached hydrogens (tertiary/aromatic N) is 3. The highest BCUT2D eigenvalue weighted by Crippen LogP contribution is 2.22. The van der Waals surface area contributed by atoms with Crippen LogP contribution in [0, 0.1) is 19.8 Å². The number of nitrogens with one attached hydrogen (secondary N) is 1. The molecule has 4 aromatic rings. The number of carboxylic acids is 1. The van der Waals surface area contributed by atoms with Gasteiger partial charge in [-0.3, -0.25) is 14.4 Å². The number of likely N-dealkylation sites (tertiary alicyclic amines) is 1. The monoisotopic (exact) mass is 678 g/mol. The van der Waals surface area contributed by atoms with Crippen LogP contribution < -0.4 is 16.4 Å². The Morgan fingerprint density at radius 1 is 0.833 bits per heavy atom. The summed E-state index contributed by atoms with van der Waals surface area (Å²) in [5, 5.41) is 13.9. The van der Waals surface area contributed by atoms with Gasteiger partial charge in [0, 0.05) is 29.4 Å². The molecule has 2 aromatic carbocycles. The van der Waals surface area contributed by atoms with Crippen molar-refractivity contribution in [2.24, 2.45) is 5.92 Å². The van der Waals surface area contributed by atoms with E-state index >= 15 is 0 Å². The molecule has 0 aliphatic carbocycles. The van der Waals surface area contributed by atoms with Gasteiger partial charge in [-0.05, 0) is 122 Å². The molecule has 10 heteroatoms. The normalized spacial score (nSPS) is 13.8. The summed E-state index contributed by atoms with van der Waals surface area (Å²) in [6, 6.07) is 14.7. The van der Waals surface area contributed by atoms with E-state index in [-0.39, 0.29) is 47.1 Å². The van der Waals surface area contributed by atoms with Crippen molar-refractivity contribution in [2.75, 3.05) is 26.2 Å². The number of fused-ring (bicyclic) bond motifs is 2. The van der Waals surface area contributed by atoms with Crippen molar-refractivity contribution >= 4 is 46.1 Å². The quantitative estimate of drug-likeness (QED) is 0.195. The Labute approximate surface area is 289 Å². The number of halogens is 1. The summed E-state index contributed by atoms with van der Waals surface area (Å²) in [5.41, 5.74) is 3.13. The summed E-state index contributed by atoms with van der Waals surface area (Å²) in [5.74, 6) is -0.936. The van der Waals surface area contributed by atoms with Crippen LogP contribution in [0.4, 0.5) is 0 Å². The summed E-state index contributed by atoms with van der Waals surface area (Å²) in [4.78, 5) is 51.8. The van der Waals surface area contributed by atoms with Crippen LogP contribution in [-0.2, 0) is 0 Å². The van der Waals surface area contributed by atoms with Gasteiger partial charge in [-0.25, -0.2) is 4.79 Å². The summed E-state index contributed by atoms with van der Waals surface area (Å²) in [6.07, 6.45) is 4.70. The molecule has 1 fully saturated rings. The second-order valence-electron chi connectivity index (χ2n) is 13.3. The number of carbonyl (C=O) groups excluding carboxylic acids is 1. The Balaban J connectivity index is 0.000000283. The van der Waals surface area contributed by atoms with Crippen LogP contribution in [0.3, 0.4) is 0 Å². The summed E-state index contributed by atoms with van der Waals surface area (Å²) in [7, 11) is 0. The third-order valence-electron chi connectivity index (χ3n) is 9.19. The first-order chi connectivity index (χ1) is 22.3. The fourth-order valence-corrected chi connectivity index (χ4v) is 6.49. The van der Waals surface area contributed by atoms with Crippen molar-refractivity contribution < 1.29 is 14.7 Å². The standard InChI is InChI=1S/C24H35N3O2.C14H15NO3.ClH/c1-5-6-12-26-13-10-19(11-14-26)16-25-23(28)21-15-20-18(4)8-7-9-22(20)27(17(2)3)24(21)29;1-8(2)15-12-6-4-5-9(3)10(12)7-11(13(15)16)14(17)18;/h7-9,15,17,19H,5-6,10-14,16H2,1-4H3,(H,25,28);4-8H,1-3H3,(H,17,18);1H. The van der Waals surface area contributed by atoms with Crippen molar-refractivity contribution in [1.29, 1.82) is 0 Å². The van der Waals surface area contributed by atoms with E-state index in [4.69, 9.17) is 5.11 Å². The van der Waals surface area contributed by atoms with Gasteiger partial charge in [0.25, 0.3) is 17.0 Å². The summed E-state index contributed by atoms with van der Waals surface area (Å²) >= 11 is 0. The lowest BCUT2D eigenvalue weighted by Crippen LogP contribution is -2.40. The number of rotatable bonds is 9. The second kappa shape index (κ2) is 16.9. The van der Waals surface area contributed by atoms with Gasteiger partial charge in [-0.1, -0.05) is 37.6 Å². The first kappa shape index (κ1) is 38.5. The Bertz CT molecular complexity index is 1870. The van der Waals surface area contributed by atoms with Crippen molar-refractivity contribution in [3.05, 3.63) is 91.5 Å². The number of amides is 1. The van der Waals surface area contributed by atoms with Crippen molar-refractivity contribution in [3.8, 4) is 0 Å². The van der Waals surface area contributed by atoms with Crippen LogP contribution in [-0.4, -0.2) is 57.2 Å². The van der Waals surface area contributed by atoms with Gasteiger partial charge in [0.1, 0.15) is 11.1 Å². The van der Waals surface area contributed by atoms with Gasteiger partial charge in [0.15, 0.2) is 0 Å². The number of carboxylic acid groups (broad SMARTS) is 1. The molecule has 260 valence electrons. The van der Waals surface area contributed by atoms with E-state index in [1.807, 2.05) is 77.9 Å². The molecule has 48 heavy (non-hydrogen) atoms. The Hall–Kier alpha value is -3.95. The molecule has 1 amide bonds. The van der Waals surface area contributed by atoms with E-state index in [0.29, 0.717) is 12.5 Å². The van der Waals surface area contributed by atoms with Gasteiger partial charge < -0.3 is 24.5 Å². The lowest BCUT2D eigenvalue weighted by atomic mass is 9.96. The smallest absolute Gasteiger partial charge is 0.341 e. The molecule has 5 rings (SSSR count). The molecule has 0 spiro atoms. The zero-order chi connectivity index (χ0) is 34.4. The lowest BCUT2D eigenvalue weighted by molar-refractivity contribution is 0.0694. The Morgan fingerprint density at radius 3 is 1.77 bits per heavy atom. The minimum absolute atomic E-state index is 0. The molecule has 2 aromatic heterocycles. The van der Waals surface area contributed by atoms with Crippen molar-refractivity contribution in [3.63, 3.8) is 0 Å². The van der Waals surface area contributed by atoms with Crippen LogP contribution in [0.5, 0.6) is 0 Å². The maximum Gasteiger partial charge on any atom is 0.341 e. The Kier molecular flexibility index (Phi) is 13.6. The summed E-state index contributed by atoms with van der Waals surface area (Å²) in [6.45, 7) is 17.9. The Morgan fingerprint density at radius 2 is 1.31 bits per heavy atom. The topological polar surface area (TPSA) is 114 Å². The number of hydrogen-bond acceptors (Lipinski definition) is 5. The number of aryl methyl sites for hydroxylation is 2. The first-order valence-corrected chi connectivity index (χ1v) is 16.9. The van der Waals surface area contributed by atoms with Crippen molar-refractivity contribution in [2.45, 2.75) is 86.2 Å². The van der Waals surface area contributed by atoms with E-state index in [1.54, 1.807) is 10.6 Å². The van der Waals surface area contributed by atoms with E-state index in [1.165, 1.54) is 30.0 Å². The fourth-order valence-electron chi connectivity index (χ4n) is 6.49. The first-order valence-electron chi connectivity index (χ1n) is 16.9. The molecule has 0 atom stereocenters. The number of carbonyl (C=O) groups is 2. The minimum atomic E-state index is -1.18. The number of unbranched alkanes of at least 4 members (excludes halogenated alkanes) is 1.